The van der Waals surface area contributed by atoms with Gasteiger partial charge in [0.15, 0.2) is 0 Å². The minimum absolute atomic E-state index is 0.0800. The first-order chi connectivity index (χ1) is 9.15. The Bertz CT molecular complexity index is 411. The molecule has 0 aliphatic carbocycles. The first-order valence-corrected chi connectivity index (χ1v) is 8.13. The van der Waals surface area contributed by atoms with Crippen LogP contribution in [0.2, 0.25) is 0 Å². The fourth-order valence-corrected chi connectivity index (χ4v) is 3.15. The normalized spacial score (nSPS) is 12.8. The number of carbonyl (C=O) groups excluding carboxylic acids is 1. The number of halogens is 1. The molecule has 1 aromatic heterocycles. The van der Waals surface area contributed by atoms with E-state index in [4.69, 9.17) is 5.11 Å². The maximum absolute atomic E-state index is 11.7. The number of carbonyl (C=O) groups is 1. The Morgan fingerprint density at radius 3 is 2.95 bits per heavy atom. The average Bonchev–Trinajstić information content (AvgIpc) is 2.80. The van der Waals surface area contributed by atoms with Crippen molar-refractivity contribution in [1.82, 2.24) is 5.32 Å². The van der Waals surface area contributed by atoms with E-state index in [9.17, 15) is 4.79 Å². The Labute approximate surface area is 126 Å². The molecule has 3 nitrogen and oxygen atoms in total. The summed E-state index contributed by atoms with van der Waals surface area (Å²) < 4.78 is 1.03. The third-order valence-electron chi connectivity index (χ3n) is 2.79. The first-order valence-electron chi connectivity index (χ1n) is 6.46. The van der Waals surface area contributed by atoms with Gasteiger partial charge in [0, 0.05) is 34.0 Å². The molecule has 0 fully saturated rings. The Morgan fingerprint density at radius 2 is 2.37 bits per heavy atom. The molecule has 1 unspecified atom stereocenters. The molecule has 0 radical (unpaired) electrons. The van der Waals surface area contributed by atoms with Gasteiger partial charge in [-0.05, 0) is 46.8 Å². The van der Waals surface area contributed by atoms with Gasteiger partial charge in [-0.3, -0.25) is 4.79 Å². The molecule has 0 saturated heterocycles. The van der Waals surface area contributed by atoms with E-state index in [1.807, 2.05) is 17.5 Å². The topological polar surface area (TPSA) is 49.3 Å². The standard InChI is InChI=1S/C14H20BrNO2S/c1-2-3-11(6-7-17)9-16-14(18)5-4-13-8-12(15)10-19-13/h4-5,8,10-11,17H,2-3,6-7,9H2,1H3,(H,16,18)/b5-4+. The minimum Gasteiger partial charge on any atom is -0.396 e. The maximum atomic E-state index is 11.7. The predicted octanol–water partition coefficient (Wildman–Crippen LogP) is 3.44. The van der Waals surface area contributed by atoms with Gasteiger partial charge in [0.05, 0.1) is 0 Å². The Hall–Kier alpha value is -0.650. The van der Waals surface area contributed by atoms with Gasteiger partial charge in [0.2, 0.25) is 5.91 Å². The second kappa shape index (κ2) is 9.28. The fraction of sp³-hybridized carbons (Fsp3) is 0.500. The molecule has 0 spiro atoms. The van der Waals surface area contributed by atoms with Gasteiger partial charge in [-0.25, -0.2) is 0 Å². The molecule has 0 aliphatic rings. The van der Waals surface area contributed by atoms with Gasteiger partial charge < -0.3 is 10.4 Å². The van der Waals surface area contributed by atoms with Crippen LogP contribution in [0, 0.1) is 5.92 Å². The molecule has 1 atom stereocenters. The van der Waals surface area contributed by atoms with E-state index in [-0.39, 0.29) is 12.5 Å². The third kappa shape index (κ3) is 6.89. The lowest BCUT2D eigenvalue weighted by molar-refractivity contribution is -0.116. The number of nitrogens with one attached hydrogen (secondary N) is 1. The smallest absolute Gasteiger partial charge is 0.244 e. The summed E-state index contributed by atoms with van der Waals surface area (Å²) in [7, 11) is 0. The van der Waals surface area contributed by atoms with Gasteiger partial charge in [-0.2, -0.15) is 0 Å². The van der Waals surface area contributed by atoms with Gasteiger partial charge in [0.25, 0.3) is 0 Å². The predicted molar refractivity (Wildman–Crippen MR) is 84.2 cm³/mol. The lowest BCUT2D eigenvalue weighted by Crippen LogP contribution is -2.28. The molecule has 19 heavy (non-hydrogen) atoms. The number of thiophene rings is 1. The molecular weight excluding hydrogens is 326 g/mol. The monoisotopic (exact) mass is 345 g/mol. The summed E-state index contributed by atoms with van der Waals surface area (Å²) in [6, 6.07) is 1.97. The van der Waals surface area contributed by atoms with E-state index in [0.717, 1.165) is 28.6 Å². The van der Waals surface area contributed by atoms with Crippen molar-refractivity contribution >= 4 is 39.2 Å². The molecule has 0 saturated carbocycles. The Balaban J connectivity index is 2.35. The van der Waals surface area contributed by atoms with Crippen molar-refractivity contribution in [3.8, 4) is 0 Å². The SMILES string of the molecule is CCCC(CCO)CNC(=O)/C=C/c1cc(Br)cs1. The van der Waals surface area contributed by atoms with Crippen molar-refractivity contribution < 1.29 is 9.90 Å². The largest absolute Gasteiger partial charge is 0.396 e. The van der Waals surface area contributed by atoms with Gasteiger partial charge in [-0.15, -0.1) is 11.3 Å². The Morgan fingerprint density at radius 1 is 1.58 bits per heavy atom. The van der Waals surface area contributed by atoms with Crippen molar-refractivity contribution in [3.05, 3.63) is 26.9 Å². The summed E-state index contributed by atoms with van der Waals surface area (Å²) in [4.78, 5) is 12.7. The maximum Gasteiger partial charge on any atom is 0.244 e. The van der Waals surface area contributed by atoms with Gasteiger partial charge in [-0.1, -0.05) is 13.3 Å². The minimum atomic E-state index is -0.0800. The van der Waals surface area contributed by atoms with Crippen molar-refractivity contribution in [2.75, 3.05) is 13.2 Å². The van der Waals surface area contributed by atoms with Crippen LogP contribution < -0.4 is 5.32 Å². The second-order valence-electron chi connectivity index (χ2n) is 4.41. The highest BCUT2D eigenvalue weighted by Gasteiger charge is 2.07. The van der Waals surface area contributed by atoms with Gasteiger partial charge >= 0.3 is 0 Å². The number of rotatable bonds is 8. The number of amides is 1. The van der Waals surface area contributed by atoms with E-state index in [0.29, 0.717) is 12.5 Å². The van der Waals surface area contributed by atoms with Crippen LogP contribution in [0.15, 0.2) is 22.0 Å². The molecule has 1 heterocycles. The highest BCUT2D eigenvalue weighted by atomic mass is 79.9. The molecular formula is C14H20BrNO2S. The molecule has 5 heteroatoms. The van der Waals surface area contributed by atoms with Crippen LogP contribution in [-0.4, -0.2) is 24.2 Å². The average molecular weight is 346 g/mol. The quantitative estimate of drug-likeness (QED) is 0.709. The lowest BCUT2D eigenvalue weighted by Gasteiger charge is -2.14. The molecule has 106 valence electrons. The van der Waals surface area contributed by atoms with Crippen molar-refractivity contribution in [3.63, 3.8) is 0 Å². The van der Waals surface area contributed by atoms with Crippen LogP contribution in [0.1, 0.15) is 31.1 Å². The lowest BCUT2D eigenvalue weighted by atomic mass is 10.0. The number of hydrogen-bond donors (Lipinski definition) is 2. The van der Waals surface area contributed by atoms with Crippen molar-refractivity contribution in [1.29, 1.82) is 0 Å². The molecule has 0 aromatic carbocycles. The summed E-state index contributed by atoms with van der Waals surface area (Å²) in [6.07, 6.45) is 6.21. The van der Waals surface area contributed by atoms with Crippen LogP contribution in [-0.2, 0) is 4.79 Å². The summed E-state index contributed by atoms with van der Waals surface area (Å²) in [5.74, 6) is 0.284. The third-order valence-corrected chi connectivity index (χ3v) is 4.44. The van der Waals surface area contributed by atoms with E-state index in [1.165, 1.54) is 0 Å². The van der Waals surface area contributed by atoms with E-state index >= 15 is 0 Å². The molecule has 0 bridgehead atoms. The molecule has 1 aromatic rings. The number of aliphatic hydroxyl groups excluding tert-OH is 1. The summed E-state index contributed by atoms with van der Waals surface area (Å²) in [5, 5.41) is 13.8. The Kier molecular flexibility index (Phi) is 8.02. The zero-order valence-corrected chi connectivity index (χ0v) is 13.5. The van der Waals surface area contributed by atoms with Crippen LogP contribution in [0.25, 0.3) is 6.08 Å². The van der Waals surface area contributed by atoms with Crippen LogP contribution in [0.4, 0.5) is 0 Å². The zero-order chi connectivity index (χ0) is 14.1. The first kappa shape index (κ1) is 16.4. The number of aliphatic hydroxyl groups is 1. The second-order valence-corrected chi connectivity index (χ2v) is 6.27. The van der Waals surface area contributed by atoms with Crippen LogP contribution in [0.5, 0.6) is 0 Å². The highest BCUT2D eigenvalue weighted by Crippen LogP contribution is 2.20. The van der Waals surface area contributed by atoms with Crippen molar-refractivity contribution in [2.24, 2.45) is 5.92 Å². The van der Waals surface area contributed by atoms with E-state index < -0.39 is 0 Å². The molecule has 1 rings (SSSR count). The summed E-state index contributed by atoms with van der Waals surface area (Å²) in [6.45, 7) is 2.92. The zero-order valence-electron chi connectivity index (χ0n) is 11.1. The van der Waals surface area contributed by atoms with E-state index in [2.05, 4.69) is 28.2 Å². The number of hydrogen-bond acceptors (Lipinski definition) is 3. The molecule has 1 amide bonds. The van der Waals surface area contributed by atoms with Crippen LogP contribution in [0.3, 0.4) is 0 Å². The summed E-state index contributed by atoms with van der Waals surface area (Å²) >= 11 is 4.96. The highest BCUT2D eigenvalue weighted by molar-refractivity contribution is 9.10. The molecule has 2 N–H and O–H groups in total. The summed E-state index contributed by atoms with van der Waals surface area (Å²) in [5.41, 5.74) is 0. The van der Waals surface area contributed by atoms with Crippen molar-refractivity contribution in [2.45, 2.75) is 26.2 Å². The van der Waals surface area contributed by atoms with Crippen LogP contribution >= 0.6 is 27.3 Å². The van der Waals surface area contributed by atoms with E-state index in [1.54, 1.807) is 17.4 Å². The molecule has 0 aliphatic heterocycles. The van der Waals surface area contributed by atoms with Gasteiger partial charge in [0.1, 0.15) is 0 Å². The fourth-order valence-electron chi connectivity index (χ4n) is 1.82.